The number of aliphatic carboxylic acids is 1. The van der Waals surface area contributed by atoms with Crippen molar-refractivity contribution < 1.29 is 18.3 Å². The van der Waals surface area contributed by atoms with Gasteiger partial charge in [0.05, 0.1) is 0 Å². The molecule has 0 aliphatic rings. The van der Waals surface area contributed by atoms with Gasteiger partial charge in [0.1, 0.15) is 0 Å². The molecule has 0 aromatic heterocycles. The molecule has 0 aliphatic carbocycles. The number of benzene rings is 1. The van der Waals surface area contributed by atoms with Gasteiger partial charge in [0.15, 0.2) is 5.75 Å². The third-order valence-corrected chi connectivity index (χ3v) is 4.78. The normalized spacial score (nSPS) is 11.7. The summed E-state index contributed by atoms with van der Waals surface area (Å²) in [4.78, 5) is 11.5. The van der Waals surface area contributed by atoms with Crippen LogP contribution in [-0.4, -0.2) is 42.9 Å². The maximum atomic E-state index is 11.6. The Hall–Kier alpha value is -1.05. The largest absolute Gasteiger partial charge is 0.480 e. The van der Waals surface area contributed by atoms with Crippen molar-refractivity contribution in [2.75, 3.05) is 19.1 Å². The summed E-state index contributed by atoms with van der Waals surface area (Å²) >= 11 is 1.60. The van der Waals surface area contributed by atoms with E-state index < -0.39 is 21.7 Å². The SMILES string of the molecule is CSc1ccc(CN(C)S(=O)(=O)CC(=O)O)cc1. The standard InChI is InChI=1S/C11H15NO4S2/c1-12(18(15,16)8-11(13)14)7-9-3-5-10(17-2)6-4-9/h3-6H,7-8H2,1-2H3,(H,13,14). The van der Waals surface area contributed by atoms with Crippen LogP contribution in [0.15, 0.2) is 29.2 Å². The number of sulfonamides is 1. The molecule has 0 unspecified atom stereocenters. The van der Waals surface area contributed by atoms with Gasteiger partial charge in [-0.25, -0.2) is 12.7 Å². The Morgan fingerprint density at radius 3 is 2.33 bits per heavy atom. The highest BCUT2D eigenvalue weighted by molar-refractivity contribution is 7.98. The lowest BCUT2D eigenvalue weighted by molar-refractivity contribution is -0.134. The highest BCUT2D eigenvalue weighted by atomic mass is 32.2. The van der Waals surface area contributed by atoms with E-state index in [4.69, 9.17) is 5.11 Å². The van der Waals surface area contributed by atoms with Gasteiger partial charge >= 0.3 is 5.97 Å². The number of hydrogen-bond acceptors (Lipinski definition) is 4. The van der Waals surface area contributed by atoms with Crippen LogP contribution in [0.5, 0.6) is 0 Å². The topological polar surface area (TPSA) is 74.7 Å². The maximum Gasteiger partial charge on any atom is 0.320 e. The summed E-state index contributed by atoms with van der Waals surface area (Å²) in [5, 5.41) is 8.52. The number of rotatable bonds is 6. The van der Waals surface area contributed by atoms with Gasteiger partial charge in [-0.2, -0.15) is 0 Å². The lowest BCUT2D eigenvalue weighted by Crippen LogP contribution is -2.31. The number of carboxylic acids is 1. The molecule has 0 spiro atoms. The Kier molecular flexibility index (Phi) is 5.18. The van der Waals surface area contributed by atoms with Crippen molar-refractivity contribution in [1.29, 1.82) is 0 Å². The van der Waals surface area contributed by atoms with Crippen LogP contribution in [0, 0.1) is 0 Å². The number of thioether (sulfide) groups is 1. The van der Waals surface area contributed by atoms with Crippen molar-refractivity contribution in [2.24, 2.45) is 0 Å². The smallest absolute Gasteiger partial charge is 0.320 e. The molecule has 0 aliphatic heterocycles. The highest BCUT2D eigenvalue weighted by Crippen LogP contribution is 2.16. The van der Waals surface area contributed by atoms with Crippen LogP contribution in [0.3, 0.4) is 0 Å². The van der Waals surface area contributed by atoms with Gasteiger partial charge in [-0.3, -0.25) is 4.79 Å². The summed E-state index contributed by atoms with van der Waals surface area (Å²) in [5.41, 5.74) is 0.823. The molecule has 7 heteroatoms. The van der Waals surface area contributed by atoms with Crippen LogP contribution in [0.25, 0.3) is 0 Å². The number of carboxylic acid groups (broad SMARTS) is 1. The van der Waals surface area contributed by atoms with E-state index >= 15 is 0 Å². The predicted molar refractivity (Wildman–Crippen MR) is 71.1 cm³/mol. The molecular formula is C11H15NO4S2. The Morgan fingerprint density at radius 2 is 1.89 bits per heavy atom. The molecule has 1 aromatic rings. The Balaban J connectivity index is 2.74. The minimum Gasteiger partial charge on any atom is -0.480 e. The first-order valence-electron chi connectivity index (χ1n) is 5.14. The van der Waals surface area contributed by atoms with E-state index in [2.05, 4.69) is 0 Å². The lowest BCUT2D eigenvalue weighted by atomic mass is 10.2. The number of nitrogens with zero attached hydrogens (tertiary/aromatic N) is 1. The van der Waals surface area contributed by atoms with Gasteiger partial charge in [0.2, 0.25) is 10.0 Å². The molecular weight excluding hydrogens is 274 g/mol. The average molecular weight is 289 g/mol. The molecule has 0 radical (unpaired) electrons. The minimum absolute atomic E-state index is 0.171. The molecule has 0 saturated carbocycles. The van der Waals surface area contributed by atoms with E-state index in [-0.39, 0.29) is 6.54 Å². The maximum absolute atomic E-state index is 11.6. The molecule has 1 rings (SSSR count). The molecule has 0 heterocycles. The second kappa shape index (κ2) is 6.21. The Bertz CT molecular complexity index is 510. The van der Waals surface area contributed by atoms with Crippen LogP contribution in [0.2, 0.25) is 0 Å². The molecule has 100 valence electrons. The summed E-state index contributed by atoms with van der Waals surface area (Å²) in [6.45, 7) is 0.171. The van der Waals surface area contributed by atoms with Crippen molar-refractivity contribution in [1.82, 2.24) is 4.31 Å². The zero-order valence-electron chi connectivity index (χ0n) is 10.2. The fraction of sp³-hybridized carbons (Fsp3) is 0.364. The third-order valence-electron chi connectivity index (χ3n) is 2.35. The average Bonchev–Trinajstić information content (AvgIpc) is 2.28. The lowest BCUT2D eigenvalue weighted by Gasteiger charge is -2.16. The molecule has 0 saturated heterocycles. The zero-order valence-corrected chi connectivity index (χ0v) is 11.8. The Morgan fingerprint density at radius 1 is 1.33 bits per heavy atom. The molecule has 5 nitrogen and oxygen atoms in total. The zero-order chi connectivity index (χ0) is 13.8. The van der Waals surface area contributed by atoms with Crippen molar-refractivity contribution in [3.05, 3.63) is 29.8 Å². The van der Waals surface area contributed by atoms with E-state index in [1.807, 2.05) is 30.5 Å². The molecule has 18 heavy (non-hydrogen) atoms. The minimum atomic E-state index is -3.74. The highest BCUT2D eigenvalue weighted by Gasteiger charge is 2.21. The molecule has 1 aromatic carbocycles. The van der Waals surface area contributed by atoms with Crippen LogP contribution in [0.4, 0.5) is 0 Å². The van der Waals surface area contributed by atoms with Crippen molar-refractivity contribution in [2.45, 2.75) is 11.4 Å². The van der Waals surface area contributed by atoms with E-state index in [1.165, 1.54) is 7.05 Å². The van der Waals surface area contributed by atoms with Gasteiger partial charge in [-0.05, 0) is 24.0 Å². The second-order valence-electron chi connectivity index (χ2n) is 3.75. The van der Waals surface area contributed by atoms with Gasteiger partial charge in [0, 0.05) is 18.5 Å². The van der Waals surface area contributed by atoms with E-state index in [0.29, 0.717) is 0 Å². The van der Waals surface area contributed by atoms with Gasteiger partial charge < -0.3 is 5.11 Å². The van der Waals surface area contributed by atoms with E-state index in [1.54, 1.807) is 11.8 Å². The van der Waals surface area contributed by atoms with Crippen molar-refractivity contribution in [3.63, 3.8) is 0 Å². The molecule has 0 bridgehead atoms. The second-order valence-corrected chi connectivity index (χ2v) is 6.71. The fourth-order valence-corrected chi connectivity index (χ4v) is 2.64. The summed E-state index contributed by atoms with van der Waals surface area (Å²) in [7, 11) is -2.37. The summed E-state index contributed by atoms with van der Waals surface area (Å²) in [5.74, 6) is -2.23. The number of carbonyl (C=O) groups is 1. The van der Waals surface area contributed by atoms with Gasteiger partial charge in [-0.1, -0.05) is 12.1 Å². The molecule has 0 amide bonds. The summed E-state index contributed by atoms with van der Waals surface area (Å²) in [6.07, 6.45) is 1.96. The number of hydrogen-bond donors (Lipinski definition) is 1. The van der Waals surface area contributed by atoms with E-state index in [0.717, 1.165) is 14.8 Å². The summed E-state index contributed by atoms with van der Waals surface area (Å²) in [6, 6.07) is 7.46. The van der Waals surface area contributed by atoms with Gasteiger partial charge in [0.25, 0.3) is 0 Å². The fourth-order valence-electron chi connectivity index (χ4n) is 1.35. The van der Waals surface area contributed by atoms with Crippen LogP contribution < -0.4 is 0 Å². The third kappa shape index (κ3) is 4.32. The first-order chi connectivity index (χ1) is 8.35. The first kappa shape index (κ1) is 15.0. The van der Waals surface area contributed by atoms with Crippen LogP contribution >= 0.6 is 11.8 Å². The first-order valence-corrected chi connectivity index (χ1v) is 7.97. The molecule has 0 fully saturated rings. The molecule has 1 N–H and O–H groups in total. The van der Waals surface area contributed by atoms with Crippen LogP contribution in [0.1, 0.15) is 5.56 Å². The van der Waals surface area contributed by atoms with Crippen molar-refractivity contribution in [3.8, 4) is 0 Å². The quantitative estimate of drug-likeness (QED) is 0.798. The predicted octanol–water partition coefficient (Wildman–Crippen LogP) is 1.25. The van der Waals surface area contributed by atoms with Gasteiger partial charge in [-0.15, -0.1) is 11.8 Å². The van der Waals surface area contributed by atoms with Crippen LogP contribution in [-0.2, 0) is 21.4 Å². The summed E-state index contributed by atoms with van der Waals surface area (Å²) < 4.78 is 24.3. The Labute approximate surface area is 111 Å². The molecule has 0 atom stereocenters. The van der Waals surface area contributed by atoms with Crippen molar-refractivity contribution >= 4 is 27.8 Å². The van der Waals surface area contributed by atoms with E-state index in [9.17, 15) is 13.2 Å². The monoisotopic (exact) mass is 289 g/mol.